The minimum absolute atomic E-state index is 0.191. The zero-order chi connectivity index (χ0) is 18.9. The number of anilines is 1. The van der Waals surface area contributed by atoms with Crippen molar-refractivity contribution in [1.29, 1.82) is 0 Å². The lowest BCUT2D eigenvalue weighted by molar-refractivity contribution is -0.117. The molecule has 2 heterocycles. The van der Waals surface area contributed by atoms with Crippen molar-refractivity contribution in [3.05, 3.63) is 23.8 Å². The minimum atomic E-state index is 0.191. The Morgan fingerprint density at radius 3 is 2.63 bits per heavy atom. The third kappa shape index (κ3) is 3.66. The highest BCUT2D eigenvalue weighted by Gasteiger charge is 2.48. The van der Waals surface area contributed by atoms with Gasteiger partial charge < -0.3 is 10.6 Å². The minimum Gasteiger partial charge on any atom is -0.326 e. The number of likely N-dealkylation sites (tertiary alicyclic amines) is 1. The van der Waals surface area contributed by atoms with E-state index in [0.29, 0.717) is 24.4 Å². The van der Waals surface area contributed by atoms with Crippen molar-refractivity contribution in [3.63, 3.8) is 0 Å². The van der Waals surface area contributed by atoms with Crippen LogP contribution in [0.2, 0.25) is 0 Å². The van der Waals surface area contributed by atoms with E-state index in [0.717, 1.165) is 23.3 Å². The topological polar surface area (TPSA) is 41.1 Å². The van der Waals surface area contributed by atoms with E-state index in [4.69, 9.17) is 0 Å². The molecule has 148 valence electrons. The monoisotopic (exact) mass is 370 g/mol. The van der Waals surface area contributed by atoms with Crippen molar-refractivity contribution in [2.24, 2.45) is 5.92 Å². The number of nitrogens with zero attached hydrogens (tertiary/aromatic N) is 1. The molecule has 3 aliphatic rings. The molecule has 2 saturated heterocycles. The molecule has 0 radical (unpaired) electrons. The number of quaternary nitrogens is 1. The van der Waals surface area contributed by atoms with Crippen LogP contribution in [0.5, 0.6) is 0 Å². The molecule has 1 aliphatic carbocycles. The van der Waals surface area contributed by atoms with Crippen LogP contribution in [0.3, 0.4) is 0 Å². The molecule has 1 saturated carbocycles. The maximum atomic E-state index is 12.5. The molecular weight excluding hydrogens is 334 g/mol. The lowest BCUT2D eigenvalue weighted by atomic mass is 10.0. The van der Waals surface area contributed by atoms with E-state index < -0.39 is 0 Å². The second kappa shape index (κ2) is 7.92. The molecule has 1 aromatic rings. The lowest BCUT2D eigenvalue weighted by Crippen LogP contribution is -2.59. The fourth-order valence-electron chi connectivity index (χ4n) is 5.99. The highest BCUT2D eigenvalue weighted by Crippen LogP contribution is 2.40. The van der Waals surface area contributed by atoms with Crippen LogP contribution in [0.1, 0.15) is 63.9 Å². The maximum absolute atomic E-state index is 12.5. The van der Waals surface area contributed by atoms with Gasteiger partial charge in [-0.15, -0.1) is 0 Å². The van der Waals surface area contributed by atoms with Gasteiger partial charge >= 0.3 is 0 Å². The SMILES string of the molecule is Cc1cc([N+]2(C3CCNC3)CCCC2C)ccc1NC(=O)CC1CCCC1. The van der Waals surface area contributed by atoms with Crippen LogP contribution in [0, 0.1) is 12.8 Å². The zero-order valence-electron chi connectivity index (χ0n) is 17.1. The van der Waals surface area contributed by atoms with E-state index in [-0.39, 0.29) is 5.91 Å². The van der Waals surface area contributed by atoms with Crippen LogP contribution in [0.25, 0.3) is 0 Å². The summed E-state index contributed by atoms with van der Waals surface area (Å²) >= 11 is 0. The number of carbonyl (C=O) groups excluding carboxylic acids is 1. The number of hydrogen-bond acceptors (Lipinski definition) is 2. The first-order valence-corrected chi connectivity index (χ1v) is 11.1. The van der Waals surface area contributed by atoms with E-state index in [9.17, 15) is 4.79 Å². The molecule has 4 rings (SSSR count). The lowest BCUT2D eigenvalue weighted by Gasteiger charge is -2.43. The van der Waals surface area contributed by atoms with Crippen molar-refractivity contribution in [3.8, 4) is 0 Å². The van der Waals surface area contributed by atoms with E-state index in [1.54, 1.807) is 0 Å². The summed E-state index contributed by atoms with van der Waals surface area (Å²) in [6.45, 7) is 8.10. The molecule has 3 fully saturated rings. The molecule has 27 heavy (non-hydrogen) atoms. The van der Waals surface area contributed by atoms with Crippen LogP contribution < -0.4 is 15.1 Å². The second-order valence-electron chi connectivity index (χ2n) is 9.19. The summed E-state index contributed by atoms with van der Waals surface area (Å²) < 4.78 is 1.13. The average Bonchev–Trinajstić information content (AvgIpc) is 3.39. The van der Waals surface area contributed by atoms with Crippen molar-refractivity contribution >= 4 is 17.3 Å². The second-order valence-corrected chi connectivity index (χ2v) is 9.19. The van der Waals surface area contributed by atoms with Gasteiger partial charge in [0, 0.05) is 56.6 Å². The van der Waals surface area contributed by atoms with Gasteiger partial charge in [-0.1, -0.05) is 12.8 Å². The standard InChI is InChI=1S/C23H35N3O/c1-17-14-20(26(13-5-6-18(26)2)21-11-12-24-16-21)9-10-22(17)25-23(27)15-19-7-3-4-8-19/h9-10,14,18-19,21,24H,3-8,11-13,15-16H2,1-2H3/p+1. The van der Waals surface area contributed by atoms with E-state index in [1.165, 1.54) is 62.7 Å². The quantitative estimate of drug-likeness (QED) is 0.756. The number of hydrogen-bond donors (Lipinski definition) is 2. The summed E-state index contributed by atoms with van der Waals surface area (Å²) in [7, 11) is 0. The largest absolute Gasteiger partial charge is 0.326 e. The highest BCUT2D eigenvalue weighted by molar-refractivity contribution is 5.91. The third-order valence-electron chi connectivity index (χ3n) is 7.54. The fourth-order valence-corrected chi connectivity index (χ4v) is 5.99. The number of rotatable bonds is 5. The third-order valence-corrected chi connectivity index (χ3v) is 7.54. The first-order valence-electron chi connectivity index (χ1n) is 11.1. The number of carbonyl (C=O) groups is 1. The van der Waals surface area contributed by atoms with Crippen LogP contribution in [-0.4, -0.2) is 37.6 Å². The Bertz CT molecular complexity index is 676. The number of aryl methyl sites for hydroxylation is 1. The van der Waals surface area contributed by atoms with Gasteiger partial charge in [-0.25, -0.2) is 0 Å². The summed E-state index contributed by atoms with van der Waals surface area (Å²) in [5.41, 5.74) is 3.64. The molecule has 3 atom stereocenters. The Labute approximate surface area is 164 Å². The Morgan fingerprint density at radius 1 is 1.19 bits per heavy atom. The van der Waals surface area contributed by atoms with Crippen LogP contribution >= 0.6 is 0 Å². The molecule has 1 aromatic carbocycles. The number of amides is 1. The Hall–Kier alpha value is -1.39. The van der Waals surface area contributed by atoms with Crippen molar-refractivity contribution in [2.75, 3.05) is 25.0 Å². The number of benzene rings is 1. The molecule has 0 aromatic heterocycles. The number of nitrogens with one attached hydrogen (secondary N) is 2. The predicted molar refractivity (Wildman–Crippen MR) is 113 cm³/mol. The first-order chi connectivity index (χ1) is 13.1. The van der Waals surface area contributed by atoms with Gasteiger partial charge in [-0.05, 0) is 44.2 Å². The van der Waals surface area contributed by atoms with Crippen LogP contribution in [0.4, 0.5) is 11.4 Å². The summed E-state index contributed by atoms with van der Waals surface area (Å²) in [6, 6.07) is 8.16. The fraction of sp³-hybridized carbons (Fsp3) is 0.696. The molecular formula is C23H36N3O+. The van der Waals surface area contributed by atoms with Crippen LogP contribution in [-0.2, 0) is 4.79 Å². The molecule has 0 bridgehead atoms. The van der Waals surface area contributed by atoms with E-state index >= 15 is 0 Å². The summed E-state index contributed by atoms with van der Waals surface area (Å²) in [6.07, 6.45) is 9.61. The Kier molecular flexibility index (Phi) is 5.56. The highest BCUT2D eigenvalue weighted by atomic mass is 16.1. The van der Waals surface area contributed by atoms with Crippen LogP contribution in [0.15, 0.2) is 18.2 Å². The Morgan fingerprint density at radius 2 is 2.00 bits per heavy atom. The maximum Gasteiger partial charge on any atom is 0.224 e. The van der Waals surface area contributed by atoms with Gasteiger partial charge in [-0.3, -0.25) is 9.28 Å². The molecule has 4 heteroatoms. The van der Waals surface area contributed by atoms with Gasteiger partial charge in [-0.2, -0.15) is 0 Å². The van der Waals surface area contributed by atoms with E-state index in [2.05, 4.69) is 42.7 Å². The summed E-state index contributed by atoms with van der Waals surface area (Å²) in [4.78, 5) is 12.5. The Balaban J connectivity index is 1.52. The first kappa shape index (κ1) is 18.9. The molecule has 2 aliphatic heterocycles. The smallest absolute Gasteiger partial charge is 0.224 e. The van der Waals surface area contributed by atoms with Gasteiger partial charge in [0.25, 0.3) is 0 Å². The molecule has 2 N–H and O–H groups in total. The van der Waals surface area contributed by atoms with Crippen molar-refractivity contribution in [2.45, 2.75) is 77.3 Å². The molecule has 0 spiro atoms. The molecule has 4 nitrogen and oxygen atoms in total. The van der Waals surface area contributed by atoms with Gasteiger partial charge in [0.2, 0.25) is 5.91 Å². The van der Waals surface area contributed by atoms with Gasteiger partial charge in [0.15, 0.2) is 0 Å². The predicted octanol–water partition coefficient (Wildman–Crippen LogP) is 4.37. The van der Waals surface area contributed by atoms with Crippen molar-refractivity contribution in [1.82, 2.24) is 9.80 Å². The summed E-state index contributed by atoms with van der Waals surface area (Å²) in [5, 5.41) is 6.77. The van der Waals surface area contributed by atoms with Gasteiger partial charge in [0.1, 0.15) is 11.7 Å². The normalized spacial score (nSPS) is 31.5. The average molecular weight is 371 g/mol. The van der Waals surface area contributed by atoms with E-state index in [1.807, 2.05) is 0 Å². The van der Waals surface area contributed by atoms with Gasteiger partial charge in [0.05, 0.1) is 12.6 Å². The zero-order valence-corrected chi connectivity index (χ0v) is 17.1. The van der Waals surface area contributed by atoms with Crippen molar-refractivity contribution < 1.29 is 4.79 Å². The summed E-state index contributed by atoms with van der Waals surface area (Å²) in [5.74, 6) is 0.787. The molecule has 1 amide bonds. The molecule has 3 unspecified atom stereocenters.